The summed E-state index contributed by atoms with van der Waals surface area (Å²) in [5.74, 6) is 0.0853. The summed E-state index contributed by atoms with van der Waals surface area (Å²) in [6.45, 7) is 5.42. The number of rotatable bonds is 5. The Balaban J connectivity index is 1.94. The van der Waals surface area contributed by atoms with Crippen molar-refractivity contribution in [1.82, 2.24) is 4.90 Å². The Kier molecular flexibility index (Phi) is 4.77. The summed E-state index contributed by atoms with van der Waals surface area (Å²) in [6.07, 6.45) is 1.80. The van der Waals surface area contributed by atoms with Gasteiger partial charge in [-0.2, -0.15) is 0 Å². The molecule has 0 aromatic heterocycles. The van der Waals surface area contributed by atoms with Crippen LogP contribution < -0.4 is 5.32 Å². The molecule has 1 heterocycles. The van der Waals surface area contributed by atoms with Gasteiger partial charge in [-0.3, -0.25) is 9.59 Å². The first-order chi connectivity index (χ1) is 9.65. The van der Waals surface area contributed by atoms with Crippen LogP contribution in [0.1, 0.15) is 32.3 Å². The lowest BCUT2D eigenvalue weighted by molar-refractivity contribution is -0.131. The van der Waals surface area contributed by atoms with Gasteiger partial charge in [-0.15, -0.1) is 0 Å². The number of nitrogens with zero attached hydrogens (tertiary/aromatic N) is 1. The summed E-state index contributed by atoms with van der Waals surface area (Å²) >= 11 is 0. The molecule has 0 saturated carbocycles. The van der Waals surface area contributed by atoms with E-state index in [1.807, 2.05) is 43.0 Å². The molecule has 0 aliphatic carbocycles. The fourth-order valence-corrected chi connectivity index (χ4v) is 2.68. The highest BCUT2D eigenvalue weighted by molar-refractivity contribution is 5.96. The number of carbonyl (C=O) groups is 2. The molecule has 108 valence electrons. The fraction of sp³-hybridized carbons (Fsp3) is 0.500. The number of para-hydroxylation sites is 1. The molecule has 0 radical (unpaired) electrons. The zero-order valence-corrected chi connectivity index (χ0v) is 12.2. The molecule has 4 heteroatoms. The number of fused-ring (bicyclic) bond motifs is 1. The first kappa shape index (κ1) is 14.6. The van der Waals surface area contributed by atoms with E-state index in [1.165, 1.54) is 0 Å². The second-order valence-corrected chi connectivity index (χ2v) is 5.15. The van der Waals surface area contributed by atoms with Gasteiger partial charge in [0.25, 0.3) is 0 Å². The number of anilines is 1. The molecular formula is C16H22N2O2. The minimum Gasteiger partial charge on any atom is -0.343 e. The zero-order chi connectivity index (χ0) is 14.5. The van der Waals surface area contributed by atoms with Crippen LogP contribution in [0.4, 0.5) is 5.69 Å². The molecule has 0 fully saturated rings. The SMILES string of the molecule is CCN(CC)C(=O)CC[C@@H]1Cc2ccccc2NC1=O. The minimum absolute atomic E-state index is 0.0380. The van der Waals surface area contributed by atoms with Gasteiger partial charge in [0.2, 0.25) is 11.8 Å². The molecule has 0 spiro atoms. The summed E-state index contributed by atoms with van der Waals surface area (Å²) in [7, 11) is 0. The number of hydrogen-bond donors (Lipinski definition) is 1. The lowest BCUT2D eigenvalue weighted by Gasteiger charge is -2.25. The van der Waals surface area contributed by atoms with Gasteiger partial charge < -0.3 is 10.2 Å². The van der Waals surface area contributed by atoms with Crippen LogP contribution >= 0.6 is 0 Å². The van der Waals surface area contributed by atoms with Crippen molar-refractivity contribution < 1.29 is 9.59 Å². The second-order valence-electron chi connectivity index (χ2n) is 5.15. The Labute approximate surface area is 120 Å². The molecule has 0 bridgehead atoms. The smallest absolute Gasteiger partial charge is 0.227 e. The van der Waals surface area contributed by atoms with E-state index in [9.17, 15) is 9.59 Å². The summed E-state index contributed by atoms with van der Waals surface area (Å²) in [4.78, 5) is 25.9. The van der Waals surface area contributed by atoms with E-state index in [2.05, 4.69) is 5.32 Å². The third-order valence-corrected chi connectivity index (χ3v) is 3.94. The van der Waals surface area contributed by atoms with Gasteiger partial charge in [0.1, 0.15) is 0 Å². The average Bonchev–Trinajstić information content (AvgIpc) is 2.46. The Bertz CT molecular complexity index is 495. The van der Waals surface area contributed by atoms with Gasteiger partial charge in [-0.1, -0.05) is 18.2 Å². The second kappa shape index (κ2) is 6.55. The standard InChI is InChI=1S/C16H22N2O2/c1-3-18(4-2)15(19)10-9-13-11-12-7-5-6-8-14(12)17-16(13)20/h5-8,13H,3-4,9-11H2,1-2H3,(H,17,20)/t13-/m1/s1. The molecule has 1 aromatic rings. The molecule has 1 aliphatic rings. The molecule has 1 N–H and O–H groups in total. The van der Waals surface area contributed by atoms with Gasteiger partial charge in [0.15, 0.2) is 0 Å². The van der Waals surface area contributed by atoms with Crippen LogP contribution in [-0.4, -0.2) is 29.8 Å². The van der Waals surface area contributed by atoms with Crippen molar-refractivity contribution in [2.24, 2.45) is 5.92 Å². The number of amides is 2. The summed E-state index contributed by atoms with van der Waals surface area (Å²) in [6, 6.07) is 7.86. The Morgan fingerprint density at radius 2 is 2.00 bits per heavy atom. The van der Waals surface area contributed by atoms with Crippen molar-refractivity contribution >= 4 is 17.5 Å². The molecule has 1 aliphatic heterocycles. The summed E-state index contributed by atoms with van der Waals surface area (Å²) < 4.78 is 0. The fourth-order valence-electron chi connectivity index (χ4n) is 2.68. The van der Waals surface area contributed by atoms with Crippen LogP contribution in [0, 0.1) is 5.92 Å². The Morgan fingerprint density at radius 1 is 1.30 bits per heavy atom. The molecule has 2 rings (SSSR count). The van der Waals surface area contributed by atoms with Crippen LogP contribution in [-0.2, 0) is 16.0 Å². The number of nitrogens with one attached hydrogen (secondary N) is 1. The van der Waals surface area contributed by atoms with Crippen molar-refractivity contribution in [2.75, 3.05) is 18.4 Å². The lowest BCUT2D eigenvalue weighted by Crippen LogP contribution is -2.33. The molecule has 0 unspecified atom stereocenters. The van der Waals surface area contributed by atoms with Crippen LogP contribution in [0.5, 0.6) is 0 Å². The van der Waals surface area contributed by atoms with Crippen molar-refractivity contribution in [3.05, 3.63) is 29.8 Å². The Morgan fingerprint density at radius 3 is 2.70 bits per heavy atom. The van der Waals surface area contributed by atoms with Crippen LogP contribution in [0.3, 0.4) is 0 Å². The Hall–Kier alpha value is -1.84. The van der Waals surface area contributed by atoms with E-state index < -0.39 is 0 Å². The highest BCUT2D eigenvalue weighted by atomic mass is 16.2. The first-order valence-corrected chi connectivity index (χ1v) is 7.32. The van der Waals surface area contributed by atoms with Gasteiger partial charge in [-0.25, -0.2) is 0 Å². The molecule has 1 atom stereocenters. The third-order valence-electron chi connectivity index (χ3n) is 3.94. The minimum atomic E-state index is -0.0931. The van der Waals surface area contributed by atoms with Gasteiger partial charge in [0, 0.05) is 31.1 Å². The molecule has 1 aromatic carbocycles. The van der Waals surface area contributed by atoms with E-state index in [0.717, 1.165) is 30.8 Å². The highest BCUT2D eigenvalue weighted by Crippen LogP contribution is 2.27. The molecule has 20 heavy (non-hydrogen) atoms. The summed E-state index contributed by atoms with van der Waals surface area (Å²) in [5, 5.41) is 2.93. The summed E-state index contributed by atoms with van der Waals surface area (Å²) in [5.41, 5.74) is 2.07. The molecule has 0 saturated heterocycles. The van der Waals surface area contributed by atoms with Crippen molar-refractivity contribution in [3.8, 4) is 0 Å². The average molecular weight is 274 g/mol. The van der Waals surface area contributed by atoms with Crippen molar-refractivity contribution in [1.29, 1.82) is 0 Å². The monoisotopic (exact) mass is 274 g/mol. The highest BCUT2D eigenvalue weighted by Gasteiger charge is 2.26. The van der Waals surface area contributed by atoms with E-state index >= 15 is 0 Å². The number of carbonyl (C=O) groups excluding carboxylic acids is 2. The van der Waals surface area contributed by atoms with Crippen LogP contribution in [0.25, 0.3) is 0 Å². The third kappa shape index (κ3) is 3.18. The van der Waals surface area contributed by atoms with E-state index in [1.54, 1.807) is 0 Å². The largest absolute Gasteiger partial charge is 0.343 e. The normalized spacial score (nSPS) is 17.3. The first-order valence-electron chi connectivity index (χ1n) is 7.32. The quantitative estimate of drug-likeness (QED) is 0.896. The van der Waals surface area contributed by atoms with E-state index in [4.69, 9.17) is 0 Å². The van der Waals surface area contributed by atoms with Gasteiger partial charge >= 0.3 is 0 Å². The van der Waals surface area contributed by atoms with Gasteiger partial charge in [-0.05, 0) is 38.3 Å². The number of benzene rings is 1. The molecular weight excluding hydrogens is 252 g/mol. The number of hydrogen-bond acceptors (Lipinski definition) is 2. The predicted octanol–water partition coefficient (Wildman–Crippen LogP) is 2.45. The van der Waals surface area contributed by atoms with Gasteiger partial charge in [0.05, 0.1) is 0 Å². The molecule has 2 amide bonds. The van der Waals surface area contributed by atoms with E-state index in [-0.39, 0.29) is 17.7 Å². The van der Waals surface area contributed by atoms with Crippen LogP contribution in [0.2, 0.25) is 0 Å². The maximum Gasteiger partial charge on any atom is 0.227 e. The maximum atomic E-state index is 12.0. The predicted molar refractivity (Wildman–Crippen MR) is 79.4 cm³/mol. The maximum absolute atomic E-state index is 12.0. The lowest BCUT2D eigenvalue weighted by atomic mass is 9.89. The van der Waals surface area contributed by atoms with Crippen LogP contribution in [0.15, 0.2) is 24.3 Å². The van der Waals surface area contributed by atoms with Crippen molar-refractivity contribution in [3.63, 3.8) is 0 Å². The van der Waals surface area contributed by atoms with E-state index in [0.29, 0.717) is 12.8 Å². The van der Waals surface area contributed by atoms with Crippen molar-refractivity contribution in [2.45, 2.75) is 33.1 Å². The molecule has 4 nitrogen and oxygen atoms in total. The zero-order valence-electron chi connectivity index (χ0n) is 12.2. The topological polar surface area (TPSA) is 49.4 Å².